The number of fused-ring (bicyclic) bond motifs is 1. The van der Waals surface area contributed by atoms with Gasteiger partial charge in [0, 0.05) is 24.4 Å². The third kappa shape index (κ3) is 6.19. The molecule has 0 unspecified atom stereocenters. The molecule has 1 aliphatic rings. The van der Waals surface area contributed by atoms with Gasteiger partial charge in [-0.1, -0.05) is 48.5 Å². The molecule has 0 aliphatic carbocycles. The molecule has 43 heavy (non-hydrogen) atoms. The number of carbonyl (C=O) groups excluding carboxylic acids is 1. The van der Waals surface area contributed by atoms with Crippen LogP contribution in [0, 0.1) is 22.7 Å². The number of alkyl halides is 3. The van der Waals surface area contributed by atoms with E-state index >= 15 is 0 Å². The van der Waals surface area contributed by atoms with E-state index in [-0.39, 0.29) is 36.8 Å². The fraction of sp³-hybridized carbons (Fsp3) is 0.194. The molecule has 1 aliphatic heterocycles. The summed E-state index contributed by atoms with van der Waals surface area (Å²) in [5.74, 6) is 0.493. The highest BCUT2D eigenvalue weighted by Crippen LogP contribution is 2.43. The van der Waals surface area contributed by atoms with Gasteiger partial charge in [-0.2, -0.15) is 33.8 Å². The molecule has 5 rings (SSSR count). The summed E-state index contributed by atoms with van der Waals surface area (Å²) in [4.78, 5) is 18.3. The number of amides is 1. The van der Waals surface area contributed by atoms with Crippen molar-refractivity contribution < 1.29 is 22.7 Å². The van der Waals surface area contributed by atoms with E-state index in [4.69, 9.17) is 4.74 Å². The number of ether oxygens (including phenoxy) is 1. The third-order valence-electron chi connectivity index (χ3n) is 6.84. The zero-order chi connectivity index (χ0) is 30.6. The lowest BCUT2D eigenvalue weighted by molar-refractivity contribution is -0.137. The van der Waals surface area contributed by atoms with Crippen molar-refractivity contribution in [2.75, 3.05) is 11.4 Å². The third-order valence-corrected chi connectivity index (χ3v) is 6.84. The lowest BCUT2D eigenvalue weighted by Gasteiger charge is -2.34. The quantitative estimate of drug-likeness (QED) is 0.276. The maximum atomic E-state index is 13.6. The molecule has 216 valence electrons. The van der Waals surface area contributed by atoms with Gasteiger partial charge in [0.05, 0.1) is 28.8 Å². The van der Waals surface area contributed by atoms with E-state index in [0.717, 1.165) is 17.7 Å². The van der Waals surface area contributed by atoms with Gasteiger partial charge >= 0.3 is 12.3 Å². The van der Waals surface area contributed by atoms with Gasteiger partial charge in [-0.05, 0) is 48.4 Å². The monoisotopic (exact) mass is 583 g/mol. The fourth-order valence-electron chi connectivity index (χ4n) is 4.75. The average molecular weight is 584 g/mol. The number of halogens is 3. The predicted molar refractivity (Wildman–Crippen MR) is 150 cm³/mol. The van der Waals surface area contributed by atoms with Crippen LogP contribution in [0.4, 0.5) is 29.6 Å². The zero-order valence-electron chi connectivity index (χ0n) is 22.8. The lowest BCUT2D eigenvalue weighted by Crippen LogP contribution is -2.31. The number of hydrogen-bond donors (Lipinski definition) is 1. The molecule has 0 radical (unpaired) electrons. The van der Waals surface area contributed by atoms with Crippen LogP contribution in [0.15, 0.2) is 90.1 Å². The molecule has 12 heteroatoms. The summed E-state index contributed by atoms with van der Waals surface area (Å²) in [6.07, 6.45) is -5.03. The Morgan fingerprint density at radius 2 is 1.77 bits per heavy atom. The van der Waals surface area contributed by atoms with Crippen molar-refractivity contribution in [1.82, 2.24) is 20.1 Å². The SMILES string of the molecule is CC1=C(C#N)[C@@H](c2ccc(C#N)cc2)n2nc(CCNC(=O)OCc3ccccc3)nc2N1c1cccc(C(F)(F)F)c1. The first kappa shape index (κ1) is 28.9. The van der Waals surface area contributed by atoms with Crippen molar-refractivity contribution in [2.45, 2.75) is 32.2 Å². The number of alkyl carbamates (subject to hydrolysis) is 1. The summed E-state index contributed by atoms with van der Waals surface area (Å²) in [6, 6.07) is 24.1. The van der Waals surface area contributed by atoms with E-state index in [0.29, 0.717) is 22.6 Å². The van der Waals surface area contributed by atoms with E-state index < -0.39 is 23.9 Å². The lowest BCUT2D eigenvalue weighted by atomic mass is 9.95. The Morgan fingerprint density at radius 1 is 1.02 bits per heavy atom. The molecule has 0 bridgehead atoms. The number of hydrogen-bond acceptors (Lipinski definition) is 7. The number of anilines is 2. The van der Waals surface area contributed by atoms with Gasteiger partial charge in [0.2, 0.25) is 5.95 Å². The minimum absolute atomic E-state index is 0.101. The molecule has 0 fully saturated rings. The van der Waals surface area contributed by atoms with Crippen molar-refractivity contribution in [1.29, 1.82) is 10.5 Å². The first-order valence-corrected chi connectivity index (χ1v) is 13.2. The van der Waals surface area contributed by atoms with Crippen LogP contribution in [0.25, 0.3) is 0 Å². The highest BCUT2D eigenvalue weighted by atomic mass is 19.4. The molecule has 4 aromatic rings. The minimum atomic E-state index is -4.58. The van der Waals surface area contributed by atoms with Crippen molar-refractivity contribution in [3.05, 3.63) is 118 Å². The number of aromatic nitrogens is 3. The topological polar surface area (TPSA) is 120 Å². The number of rotatable bonds is 7. The van der Waals surface area contributed by atoms with Crippen molar-refractivity contribution in [3.63, 3.8) is 0 Å². The molecule has 9 nitrogen and oxygen atoms in total. The molecule has 2 heterocycles. The van der Waals surface area contributed by atoms with Crippen LogP contribution in [0.5, 0.6) is 0 Å². The van der Waals surface area contributed by atoms with E-state index in [1.165, 1.54) is 21.7 Å². The van der Waals surface area contributed by atoms with Crippen molar-refractivity contribution in [3.8, 4) is 12.1 Å². The van der Waals surface area contributed by atoms with Crippen LogP contribution in [-0.2, 0) is 23.9 Å². The second-order valence-corrected chi connectivity index (χ2v) is 9.64. The van der Waals surface area contributed by atoms with Gasteiger partial charge in [-0.25, -0.2) is 9.48 Å². The van der Waals surface area contributed by atoms with Gasteiger partial charge in [-0.3, -0.25) is 4.90 Å². The van der Waals surface area contributed by atoms with Crippen LogP contribution in [-0.4, -0.2) is 27.4 Å². The van der Waals surface area contributed by atoms with Gasteiger partial charge in [0.1, 0.15) is 12.6 Å². The first-order valence-electron chi connectivity index (χ1n) is 13.2. The molecule has 3 aromatic carbocycles. The van der Waals surface area contributed by atoms with Crippen LogP contribution < -0.4 is 10.2 Å². The van der Waals surface area contributed by atoms with Crippen LogP contribution in [0.3, 0.4) is 0 Å². The number of carbonyl (C=O) groups is 1. The predicted octanol–water partition coefficient (Wildman–Crippen LogP) is 6.18. The van der Waals surface area contributed by atoms with Gasteiger partial charge in [0.15, 0.2) is 5.82 Å². The Balaban J connectivity index is 1.46. The summed E-state index contributed by atoms with van der Waals surface area (Å²) >= 11 is 0. The average Bonchev–Trinajstić information content (AvgIpc) is 3.42. The maximum absolute atomic E-state index is 13.6. The van der Waals surface area contributed by atoms with E-state index in [2.05, 4.69) is 27.5 Å². The van der Waals surface area contributed by atoms with Crippen molar-refractivity contribution >= 4 is 17.7 Å². The first-order chi connectivity index (χ1) is 20.7. The van der Waals surface area contributed by atoms with Crippen LogP contribution in [0.2, 0.25) is 0 Å². The molecule has 1 aromatic heterocycles. The number of nitrogens with zero attached hydrogens (tertiary/aromatic N) is 6. The summed E-state index contributed by atoms with van der Waals surface area (Å²) in [5, 5.41) is 26.7. The smallest absolute Gasteiger partial charge is 0.416 e. The Kier molecular flexibility index (Phi) is 8.12. The van der Waals surface area contributed by atoms with Crippen LogP contribution in [0.1, 0.15) is 41.0 Å². The number of nitriles is 2. The Bertz CT molecular complexity index is 1750. The van der Waals surface area contributed by atoms with Gasteiger partial charge in [-0.15, -0.1) is 0 Å². The standard InChI is InChI=1S/C31H24F3N7O2/c1-20-26(18-36)28(23-12-10-21(17-35)11-13-23)41-29(40(20)25-9-5-8-24(16-25)31(32,33)34)38-27(39-41)14-15-37-30(42)43-19-22-6-3-2-4-7-22/h2-13,16,28H,14-15,19H2,1H3,(H,37,42)/t28-/m1/s1. The largest absolute Gasteiger partial charge is 0.445 e. The zero-order valence-corrected chi connectivity index (χ0v) is 22.8. The van der Waals surface area contributed by atoms with Gasteiger partial charge < -0.3 is 10.1 Å². The van der Waals surface area contributed by atoms with E-state index in [1.807, 2.05) is 30.3 Å². The Hall–Kier alpha value is -5.62. The molecular weight excluding hydrogens is 559 g/mol. The second-order valence-electron chi connectivity index (χ2n) is 9.64. The summed E-state index contributed by atoms with van der Waals surface area (Å²) in [5.41, 5.74) is 1.82. The fourth-order valence-corrected chi connectivity index (χ4v) is 4.75. The minimum Gasteiger partial charge on any atom is -0.445 e. The molecule has 1 N–H and O–H groups in total. The Labute approximate surface area is 245 Å². The molecule has 0 saturated carbocycles. The number of nitrogens with one attached hydrogen (secondary N) is 1. The molecule has 0 saturated heterocycles. The van der Waals surface area contributed by atoms with Crippen LogP contribution >= 0.6 is 0 Å². The molecule has 1 atom stereocenters. The van der Waals surface area contributed by atoms with E-state index in [1.54, 1.807) is 31.2 Å². The summed E-state index contributed by atoms with van der Waals surface area (Å²) in [7, 11) is 0. The highest BCUT2D eigenvalue weighted by Gasteiger charge is 2.37. The Morgan fingerprint density at radius 3 is 2.44 bits per heavy atom. The molecule has 1 amide bonds. The van der Waals surface area contributed by atoms with Gasteiger partial charge in [0.25, 0.3) is 0 Å². The number of benzene rings is 3. The van der Waals surface area contributed by atoms with Crippen molar-refractivity contribution in [2.24, 2.45) is 0 Å². The molecule has 0 spiro atoms. The normalized spacial score (nSPS) is 14.5. The summed E-state index contributed by atoms with van der Waals surface area (Å²) < 4.78 is 47.5. The highest BCUT2D eigenvalue weighted by molar-refractivity contribution is 5.69. The molecular formula is C31H24F3N7O2. The number of allylic oxidation sites excluding steroid dienone is 2. The maximum Gasteiger partial charge on any atom is 0.416 e. The van der Waals surface area contributed by atoms with E-state index in [9.17, 15) is 28.5 Å². The summed E-state index contributed by atoms with van der Waals surface area (Å²) in [6.45, 7) is 1.86. The second kappa shape index (κ2) is 12.1.